The molecule has 1 aliphatic rings. The average molecular weight is 361 g/mol. The standard InChI is InChI=1S/C21H16FN3O2/c1-13-20(14-6-8-15(22)9-7-14)21-23-16(18-4-2-10-26-18)12-17(25(21)24-13)19-5-3-11-27-19/h2-11,17H,12H2,1H3. The molecule has 0 bridgehead atoms. The number of furan rings is 2. The lowest BCUT2D eigenvalue weighted by Crippen LogP contribution is -2.20. The predicted octanol–water partition coefficient (Wildman–Crippen LogP) is 5.30. The van der Waals surface area contributed by atoms with E-state index in [4.69, 9.17) is 18.9 Å². The first-order valence-corrected chi connectivity index (χ1v) is 8.70. The van der Waals surface area contributed by atoms with Crippen LogP contribution in [0.25, 0.3) is 11.1 Å². The fraction of sp³-hybridized carbons (Fsp3) is 0.143. The van der Waals surface area contributed by atoms with Gasteiger partial charge in [-0.2, -0.15) is 5.10 Å². The number of aromatic nitrogens is 2. The SMILES string of the molecule is Cc1nn2c(c1-c1ccc(F)cc1)N=C(c1ccco1)CC2c1ccco1. The largest absolute Gasteiger partial charge is 0.467 e. The van der Waals surface area contributed by atoms with Crippen molar-refractivity contribution in [3.63, 3.8) is 0 Å². The van der Waals surface area contributed by atoms with E-state index in [9.17, 15) is 4.39 Å². The molecule has 0 fully saturated rings. The highest BCUT2D eigenvalue weighted by atomic mass is 19.1. The molecule has 0 radical (unpaired) electrons. The summed E-state index contributed by atoms with van der Waals surface area (Å²) in [5.41, 5.74) is 3.42. The van der Waals surface area contributed by atoms with Crippen LogP contribution >= 0.6 is 0 Å². The van der Waals surface area contributed by atoms with Gasteiger partial charge in [0.2, 0.25) is 0 Å². The quantitative estimate of drug-likeness (QED) is 0.498. The van der Waals surface area contributed by atoms with E-state index in [-0.39, 0.29) is 11.9 Å². The second kappa shape index (κ2) is 6.09. The zero-order valence-electron chi connectivity index (χ0n) is 14.6. The lowest BCUT2D eigenvalue weighted by atomic mass is 10.0. The van der Waals surface area contributed by atoms with Gasteiger partial charge in [-0.05, 0) is 48.9 Å². The summed E-state index contributed by atoms with van der Waals surface area (Å²) in [5.74, 6) is 1.98. The van der Waals surface area contributed by atoms with Crippen LogP contribution in [0.1, 0.15) is 29.7 Å². The number of hydrogen-bond donors (Lipinski definition) is 0. The zero-order chi connectivity index (χ0) is 18.4. The smallest absolute Gasteiger partial charge is 0.159 e. The van der Waals surface area contributed by atoms with Crippen LogP contribution in [-0.2, 0) is 0 Å². The molecule has 0 spiro atoms. The maximum atomic E-state index is 13.4. The summed E-state index contributed by atoms with van der Waals surface area (Å²) >= 11 is 0. The van der Waals surface area contributed by atoms with Crippen LogP contribution in [0.5, 0.6) is 0 Å². The highest BCUT2D eigenvalue weighted by molar-refractivity contribution is 6.02. The summed E-state index contributed by atoms with van der Waals surface area (Å²) in [6.07, 6.45) is 3.90. The van der Waals surface area contributed by atoms with E-state index >= 15 is 0 Å². The van der Waals surface area contributed by atoms with Crippen molar-refractivity contribution in [1.82, 2.24) is 9.78 Å². The van der Waals surface area contributed by atoms with Gasteiger partial charge in [-0.15, -0.1) is 0 Å². The predicted molar refractivity (Wildman–Crippen MR) is 98.7 cm³/mol. The summed E-state index contributed by atoms with van der Waals surface area (Å²) in [7, 11) is 0. The third kappa shape index (κ3) is 2.61. The van der Waals surface area contributed by atoms with Crippen molar-refractivity contribution in [2.45, 2.75) is 19.4 Å². The molecule has 4 aromatic rings. The Hall–Kier alpha value is -3.41. The molecule has 3 aromatic heterocycles. The molecule has 0 saturated carbocycles. The number of aryl methyl sites for hydroxylation is 1. The molecule has 5 nitrogen and oxygen atoms in total. The minimum Gasteiger partial charge on any atom is -0.467 e. The van der Waals surface area contributed by atoms with Gasteiger partial charge in [0.05, 0.1) is 23.9 Å². The molecule has 4 heterocycles. The zero-order valence-corrected chi connectivity index (χ0v) is 14.6. The van der Waals surface area contributed by atoms with E-state index in [0.29, 0.717) is 6.42 Å². The first-order valence-electron chi connectivity index (χ1n) is 8.70. The Kier molecular flexibility index (Phi) is 3.57. The van der Waals surface area contributed by atoms with Gasteiger partial charge in [0.1, 0.15) is 23.4 Å². The molecule has 1 atom stereocenters. The van der Waals surface area contributed by atoms with E-state index in [1.165, 1.54) is 12.1 Å². The van der Waals surface area contributed by atoms with Crippen LogP contribution in [0.4, 0.5) is 10.2 Å². The van der Waals surface area contributed by atoms with Gasteiger partial charge in [0, 0.05) is 12.0 Å². The monoisotopic (exact) mass is 361 g/mol. The van der Waals surface area contributed by atoms with Crippen molar-refractivity contribution in [3.8, 4) is 11.1 Å². The number of rotatable bonds is 3. The van der Waals surface area contributed by atoms with Gasteiger partial charge in [-0.25, -0.2) is 14.1 Å². The highest BCUT2D eigenvalue weighted by Crippen LogP contribution is 2.41. The van der Waals surface area contributed by atoms with Gasteiger partial charge >= 0.3 is 0 Å². The Balaban J connectivity index is 1.73. The molecule has 0 N–H and O–H groups in total. The van der Waals surface area contributed by atoms with Gasteiger partial charge in [-0.1, -0.05) is 12.1 Å². The molecule has 0 amide bonds. The van der Waals surface area contributed by atoms with Gasteiger partial charge in [-0.3, -0.25) is 0 Å². The average Bonchev–Trinajstić information content (AvgIpc) is 3.42. The molecule has 0 aliphatic carbocycles. The van der Waals surface area contributed by atoms with Crippen LogP contribution in [-0.4, -0.2) is 15.5 Å². The van der Waals surface area contributed by atoms with Crippen LogP contribution in [0, 0.1) is 12.7 Å². The third-order valence-electron chi connectivity index (χ3n) is 4.79. The third-order valence-corrected chi connectivity index (χ3v) is 4.79. The summed E-state index contributed by atoms with van der Waals surface area (Å²) in [6, 6.07) is 13.8. The molecule has 27 heavy (non-hydrogen) atoms. The number of aliphatic imine (C=N–C) groups is 1. The van der Waals surface area contributed by atoms with Crippen molar-refractivity contribution in [1.29, 1.82) is 0 Å². The second-order valence-corrected chi connectivity index (χ2v) is 6.51. The fourth-order valence-corrected chi connectivity index (χ4v) is 3.56. The maximum Gasteiger partial charge on any atom is 0.159 e. The number of halogens is 1. The van der Waals surface area contributed by atoms with Crippen LogP contribution < -0.4 is 0 Å². The summed E-state index contributed by atoms with van der Waals surface area (Å²) < 4.78 is 26.5. The van der Waals surface area contributed by atoms with E-state index in [1.807, 2.05) is 35.9 Å². The maximum absolute atomic E-state index is 13.4. The summed E-state index contributed by atoms with van der Waals surface area (Å²) in [4.78, 5) is 4.86. The van der Waals surface area contributed by atoms with E-state index in [2.05, 4.69) is 0 Å². The lowest BCUT2D eigenvalue weighted by Gasteiger charge is -2.22. The first kappa shape index (κ1) is 15.8. The highest BCUT2D eigenvalue weighted by Gasteiger charge is 2.31. The number of nitrogens with zero attached hydrogens (tertiary/aromatic N) is 3. The summed E-state index contributed by atoms with van der Waals surface area (Å²) in [5, 5.41) is 4.73. The minimum absolute atomic E-state index is 0.125. The Labute approximate surface area is 154 Å². The Bertz CT molecular complexity index is 1110. The molecular formula is C21H16FN3O2. The van der Waals surface area contributed by atoms with Crippen LogP contribution in [0.3, 0.4) is 0 Å². The topological polar surface area (TPSA) is 56.5 Å². The molecule has 1 unspecified atom stereocenters. The number of benzene rings is 1. The van der Waals surface area contributed by atoms with E-state index in [0.717, 1.165) is 39.9 Å². The fourth-order valence-electron chi connectivity index (χ4n) is 3.56. The van der Waals surface area contributed by atoms with Crippen molar-refractivity contribution in [2.24, 2.45) is 4.99 Å². The minimum atomic E-state index is -0.273. The molecule has 134 valence electrons. The van der Waals surface area contributed by atoms with Crippen molar-refractivity contribution < 1.29 is 13.2 Å². The van der Waals surface area contributed by atoms with Crippen molar-refractivity contribution in [2.75, 3.05) is 0 Å². The summed E-state index contributed by atoms with van der Waals surface area (Å²) in [6.45, 7) is 1.94. The van der Waals surface area contributed by atoms with Crippen molar-refractivity contribution in [3.05, 3.63) is 84.1 Å². The van der Waals surface area contributed by atoms with Gasteiger partial charge in [0.25, 0.3) is 0 Å². The Morgan fingerprint density at radius 3 is 2.52 bits per heavy atom. The Morgan fingerprint density at radius 1 is 1.04 bits per heavy atom. The molecule has 1 aliphatic heterocycles. The molecule has 1 aromatic carbocycles. The van der Waals surface area contributed by atoms with Gasteiger partial charge < -0.3 is 8.83 Å². The molecule has 0 saturated heterocycles. The second-order valence-electron chi connectivity index (χ2n) is 6.51. The first-order chi connectivity index (χ1) is 13.2. The molecule has 6 heteroatoms. The van der Waals surface area contributed by atoms with Crippen LogP contribution in [0.2, 0.25) is 0 Å². The van der Waals surface area contributed by atoms with Crippen molar-refractivity contribution >= 4 is 11.5 Å². The van der Waals surface area contributed by atoms with Crippen LogP contribution in [0.15, 0.2) is 74.9 Å². The lowest BCUT2D eigenvalue weighted by molar-refractivity contribution is 0.407. The Morgan fingerprint density at radius 2 is 1.81 bits per heavy atom. The molecular weight excluding hydrogens is 345 g/mol. The van der Waals surface area contributed by atoms with E-state index in [1.54, 1.807) is 24.7 Å². The normalized spacial score (nSPS) is 16.2. The van der Waals surface area contributed by atoms with E-state index < -0.39 is 0 Å². The number of fused-ring (bicyclic) bond motifs is 1. The number of hydrogen-bond acceptors (Lipinski definition) is 4. The van der Waals surface area contributed by atoms with Gasteiger partial charge in [0.15, 0.2) is 5.82 Å². The molecule has 5 rings (SSSR count).